The highest BCUT2D eigenvalue weighted by Gasteiger charge is 2.30. The Labute approximate surface area is 632 Å². The molecule has 0 aromatic carbocycles. The van der Waals surface area contributed by atoms with Crippen LogP contribution in [0.15, 0.2) is 122 Å². The molecular formula is C85H146O17P2. The lowest BCUT2D eigenvalue weighted by Gasteiger charge is -2.21. The van der Waals surface area contributed by atoms with Gasteiger partial charge in [0.05, 0.1) is 26.4 Å². The molecule has 0 amide bonds. The quantitative estimate of drug-likeness (QED) is 0.0169. The number of hydrogen-bond acceptors (Lipinski definition) is 15. The number of aliphatic hydroxyl groups is 1. The van der Waals surface area contributed by atoms with E-state index in [-0.39, 0.29) is 25.7 Å². The number of phosphoric acid groups is 2. The Balaban J connectivity index is 5.39. The van der Waals surface area contributed by atoms with E-state index >= 15 is 0 Å². The van der Waals surface area contributed by atoms with Crippen molar-refractivity contribution >= 4 is 39.5 Å². The summed E-state index contributed by atoms with van der Waals surface area (Å²) in [4.78, 5) is 73.0. The van der Waals surface area contributed by atoms with Gasteiger partial charge < -0.3 is 33.8 Å². The first-order valence-corrected chi connectivity index (χ1v) is 43.8. The van der Waals surface area contributed by atoms with E-state index in [9.17, 15) is 43.2 Å². The van der Waals surface area contributed by atoms with Crippen LogP contribution in [0.5, 0.6) is 0 Å². The molecule has 17 nitrogen and oxygen atoms in total. The van der Waals surface area contributed by atoms with Gasteiger partial charge in [-0.15, -0.1) is 0 Å². The van der Waals surface area contributed by atoms with Crippen LogP contribution in [0, 0.1) is 0 Å². The molecule has 598 valence electrons. The number of phosphoric ester groups is 2. The Bertz CT molecular complexity index is 2440. The zero-order chi connectivity index (χ0) is 76.0. The first-order valence-electron chi connectivity index (χ1n) is 40.8. The minimum absolute atomic E-state index is 0.0362. The van der Waals surface area contributed by atoms with Gasteiger partial charge in [0.2, 0.25) is 0 Å². The number of esters is 4. The summed E-state index contributed by atoms with van der Waals surface area (Å²) in [5.74, 6) is -2.28. The molecule has 5 atom stereocenters. The third-order valence-corrected chi connectivity index (χ3v) is 18.8. The number of carbonyl (C=O) groups is 4. The van der Waals surface area contributed by atoms with Crippen molar-refractivity contribution in [1.82, 2.24) is 0 Å². The molecule has 0 radical (unpaired) electrons. The molecule has 0 rings (SSSR count). The highest BCUT2D eigenvalue weighted by atomic mass is 31.2. The van der Waals surface area contributed by atoms with Gasteiger partial charge in [0.15, 0.2) is 12.2 Å². The van der Waals surface area contributed by atoms with Crippen LogP contribution in [0.1, 0.15) is 336 Å². The molecule has 19 heteroatoms. The predicted octanol–water partition coefficient (Wildman–Crippen LogP) is 23.9. The van der Waals surface area contributed by atoms with Gasteiger partial charge in [0.1, 0.15) is 19.3 Å². The van der Waals surface area contributed by atoms with Crippen molar-refractivity contribution < 1.29 is 80.2 Å². The Morgan fingerprint density at radius 2 is 0.519 bits per heavy atom. The van der Waals surface area contributed by atoms with Gasteiger partial charge in [-0.25, -0.2) is 9.13 Å². The zero-order valence-corrected chi connectivity index (χ0v) is 67.2. The first kappa shape index (κ1) is 99.5. The minimum Gasteiger partial charge on any atom is -0.462 e. The highest BCUT2D eigenvalue weighted by molar-refractivity contribution is 7.47. The minimum atomic E-state index is -4.99. The summed E-state index contributed by atoms with van der Waals surface area (Å²) in [5.41, 5.74) is 0. The third-order valence-electron chi connectivity index (χ3n) is 16.9. The average molecular weight is 1500 g/mol. The lowest BCUT2D eigenvalue weighted by atomic mass is 10.0. The van der Waals surface area contributed by atoms with Gasteiger partial charge in [-0.3, -0.25) is 37.3 Å². The maximum Gasteiger partial charge on any atom is 0.472 e. The van der Waals surface area contributed by atoms with Gasteiger partial charge in [-0.05, 0) is 128 Å². The summed E-state index contributed by atoms with van der Waals surface area (Å²) in [7, 11) is -9.98. The molecule has 0 heterocycles. The van der Waals surface area contributed by atoms with Crippen LogP contribution >= 0.6 is 15.6 Å². The first-order chi connectivity index (χ1) is 50.7. The second-order valence-electron chi connectivity index (χ2n) is 27.0. The lowest BCUT2D eigenvalue weighted by molar-refractivity contribution is -0.161. The molecule has 0 aliphatic rings. The van der Waals surface area contributed by atoms with Crippen LogP contribution in [0.3, 0.4) is 0 Å². The fraction of sp³-hybridized carbons (Fsp3) is 0.718. The maximum absolute atomic E-state index is 13.1. The number of aliphatic hydroxyl groups excluding tert-OH is 1. The number of unbranched alkanes of at least 4 members (excludes halogenated alkanes) is 30. The van der Waals surface area contributed by atoms with E-state index in [1.165, 1.54) is 96.3 Å². The van der Waals surface area contributed by atoms with Crippen LogP contribution in [0.2, 0.25) is 0 Å². The van der Waals surface area contributed by atoms with E-state index in [1.807, 2.05) is 18.2 Å². The van der Waals surface area contributed by atoms with Crippen LogP contribution in [-0.4, -0.2) is 96.7 Å². The summed E-state index contributed by atoms with van der Waals surface area (Å²) < 4.78 is 68.5. The van der Waals surface area contributed by atoms with Crippen molar-refractivity contribution in [1.29, 1.82) is 0 Å². The lowest BCUT2D eigenvalue weighted by Crippen LogP contribution is -2.30. The van der Waals surface area contributed by atoms with Gasteiger partial charge in [0, 0.05) is 25.7 Å². The third kappa shape index (κ3) is 75.7. The van der Waals surface area contributed by atoms with Gasteiger partial charge in [-0.1, -0.05) is 303 Å². The number of allylic oxidation sites excluding steroid dienone is 20. The molecule has 3 N–H and O–H groups in total. The molecule has 0 spiro atoms. The van der Waals surface area contributed by atoms with Crippen molar-refractivity contribution in [2.75, 3.05) is 39.6 Å². The molecule has 104 heavy (non-hydrogen) atoms. The number of rotatable bonds is 76. The van der Waals surface area contributed by atoms with E-state index < -0.39 is 97.5 Å². The van der Waals surface area contributed by atoms with Gasteiger partial charge >= 0.3 is 39.5 Å². The summed E-state index contributed by atoms with van der Waals surface area (Å²) in [6, 6.07) is 0. The Kier molecular flexibility index (Phi) is 73.3. The highest BCUT2D eigenvalue weighted by Crippen LogP contribution is 2.45. The number of carbonyl (C=O) groups excluding carboxylic acids is 4. The van der Waals surface area contributed by atoms with E-state index in [1.54, 1.807) is 0 Å². The standard InChI is InChI=1S/C85H146O17P2/c1-5-9-13-17-21-25-29-33-35-37-39-41-43-47-49-53-57-61-65-69-82(87)95-75-80(101-84(89)71-67-63-59-55-51-45-31-27-23-19-15-11-7-3)77-99-103(91,92)97-73-79(86)74-98-104(93,94)100-78-81(102-85(90)72-68-64-60-56-52-46-32-28-24-20-16-12-8-4)76-96-83(88)70-66-62-58-54-50-48-44-42-40-38-36-34-30-26-22-18-14-10-6-2/h9,13,21-22,25-26,28,32-36,39-42,47,49,57,61,79-81,86H,5-8,10-12,14-20,23-24,27,29-31,37-38,43-46,48,50-56,58-60,62-78H2,1-4H3,(H,91,92)(H,93,94)/b13-9-,25-21-,26-22-,32-28-,35-33-,36-34-,41-39-,42-40-,49-47-,61-57-. The van der Waals surface area contributed by atoms with Gasteiger partial charge in [-0.2, -0.15) is 0 Å². The fourth-order valence-corrected chi connectivity index (χ4v) is 12.3. The summed E-state index contributed by atoms with van der Waals surface area (Å²) >= 11 is 0. The topological polar surface area (TPSA) is 237 Å². The molecule has 0 fully saturated rings. The predicted molar refractivity (Wildman–Crippen MR) is 427 cm³/mol. The molecule has 0 bridgehead atoms. The maximum atomic E-state index is 13.1. The van der Waals surface area contributed by atoms with Crippen molar-refractivity contribution in [3.05, 3.63) is 122 Å². The summed E-state index contributed by atoms with van der Waals surface area (Å²) in [5, 5.41) is 10.6. The van der Waals surface area contributed by atoms with Gasteiger partial charge in [0.25, 0.3) is 0 Å². The van der Waals surface area contributed by atoms with E-state index in [2.05, 4.69) is 131 Å². The summed E-state index contributed by atoms with van der Waals surface area (Å²) in [6.07, 6.45) is 84.7. The second-order valence-corrected chi connectivity index (χ2v) is 29.9. The molecular weight excluding hydrogens is 1350 g/mol. The number of ether oxygens (including phenoxy) is 4. The number of hydrogen-bond donors (Lipinski definition) is 3. The molecule has 0 aromatic heterocycles. The second kappa shape index (κ2) is 76.6. The molecule has 0 aliphatic carbocycles. The molecule has 0 saturated heterocycles. The van der Waals surface area contributed by atoms with E-state index in [0.29, 0.717) is 32.1 Å². The largest absolute Gasteiger partial charge is 0.472 e. The van der Waals surface area contributed by atoms with E-state index in [0.717, 1.165) is 154 Å². The van der Waals surface area contributed by atoms with E-state index in [4.69, 9.17) is 37.0 Å². The Morgan fingerprint density at radius 3 is 0.865 bits per heavy atom. The normalized spacial score (nSPS) is 14.5. The van der Waals surface area contributed by atoms with Crippen LogP contribution < -0.4 is 0 Å². The molecule has 0 aliphatic heterocycles. The zero-order valence-electron chi connectivity index (χ0n) is 65.4. The van der Waals surface area contributed by atoms with Crippen molar-refractivity contribution in [2.24, 2.45) is 0 Å². The average Bonchev–Trinajstić information content (AvgIpc) is 0.913. The molecule has 5 unspecified atom stereocenters. The monoisotopic (exact) mass is 1500 g/mol. The van der Waals surface area contributed by atoms with Crippen molar-refractivity contribution in [3.63, 3.8) is 0 Å². The SMILES string of the molecule is CC/C=C\C/C=C\C/C=C\C/C=C\C/C=C\C/C=C\CCC(=O)OCC(COP(=O)(O)OCC(O)COP(=O)(O)OCC(COC(=O)CCCCCCCC/C=C\C/C=C\C/C=C\CCCCC)OC(=O)CCCCCCC/C=C\CCCCCC)OC(=O)CCCCCCCCCCCCCCC. The van der Waals surface area contributed by atoms with Crippen molar-refractivity contribution in [3.8, 4) is 0 Å². The Morgan fingerprint density at radius 1 is 0.279 bits per heavy atom. The smallest absolute Gasteiger partial charge is 0.462 e. The van der Waals surface area contributed by atoms with Crippen molar-refractivity contribution in [2.45, 2.75) is 354 Å². The summed E-state index contributed by atoms with van der Waals surface area (Å²) in [6.45, 7) is 4.64. The molecule has 0 saturated carbocycles. The van der Waals surface area contributed by atoms with Crippen LogP contribution in [0.4, 0.5) is 0 Å². The fourth-order valence-electron chi connectivity index (χ4n) is 10.7. The van der Waals surface area contributed by atoms with Crippen LogP contribution in [0.25, 0.3) is 0 Å². The molecule has 0 aromatic rings. The Hall–Kier alpha value is -4.54. The van der Waals surface area contributed by atoms with Crippen LogP contribution in [-0.2, 0) is 65.4 Å².